The number of carbonyl (C=O) groups excluding carboxylic acids is 1. The highest BCUT2D eigenvalue weighted by atomic mass is 16.5. The number of nitrogens with zero attached hydrogens (tertiary/aromatic N) is 3. The molecule has 0 spiro atoms. The summed E-state index contributed by atoms with van der Waals surface area (Å²) in [5.74, 6) is 4.72. The molecule has 0 atom stereocenters. The van der Waals surface area contributed by atoms with Gasteiger partial charge in [-0.2, -0.15) is 0 Å². The number of hydrogen-bond donors (Lipinski definition) is 2. The predicted molar refractivity (Wildman–Crippen MR) is 90.6 cm³/mol. The zero-order valence-electron chi connectivity index (χ0n) is 13.8. The molecule has 2 aromatic rings. The molecule has 2 rings (SSSR count). The lowest BCUT2D eigenvalue weighted by molar-refractivity contribution is 0.0953. The van der Waals surface area contributed by atoms with Gasteiger partial charge in [0.2, 0.25) is 0 Å². The highest BCUT2D eigenvalue weighted by Gasteiger charge is 2.12. The van der Waals surface area contributed by atoms with Gasteiger partial charge in [-0.1, -0.05) is 44.3 Å². The van der Waals surface area contributed by atoms with E-state index in [1.807, 2.05) is 0 Å². The molecule has 0 aliphatic heterocycles. The highest BCUT2D eigenvalue weighted by molar-refractivity contribution is 5.97. The Morgan fingerprint density at radius 3 is 2.75 bits per heavy atom. The Balaban J connectivity index is 1.92. The second kappa shape index (κ2) is 8.85. The van der Waals surface area contributed by atoms with E-state index < -0.39 is 5.56 Å². The van der Waals surface area contributed by atoms with Crippen LogP contribution in [0.15, 0.2) is 38.0 Å². The Hall–Kier alpha value is -2.64. The maximum absolute atomic E-state index is 12.1. The normalized spacial score (nSPS) is 11.4. The van der Waals surface area contributed by atoms with Gasteiger partial charge < -0.3 is 15.7 Å². The minimum atomic E-state index is -0.474. The van der Waals surface area contributed by atoms with Crippen molar-refractivity contribution in [3.05, 3.63) is 34.1 Å². The topological polar surface area (TPSA) is 115 Å². The standard InChI is InChI=1S/C16H23N5O3/c1-2-3-4-5-6-7-10-18-15(22)12-8-9-13-14(11-12)24-21(16(13)23)20-19-17/h8-9,11H,2-7,10H2,1H3,(H2,17,20)(H,18,22). The first-order valence-electron chi connectivity index (χ1n) is 8.23. The number of nitrogens with one attached hydrogen (secondary N) is 1. The number of benzene rings is 1. The monoisotopic (exact) mass is 333 g/mol. The van der Waals surface area contributed by atoms with Crippen LogP contribution in [-0.2, 0) is 0 Å². The van der Waals surface area contributed by atoms with Gasteiger partial charge in [0.05, 0.1) is 5.39 Å². The Bertz CT molecular complexity index is 763. The van der Waals surface area contributed by atoms with Crippen molar-refractivity contribution in [2.45, 2.75) is 45.4 Å². The van der Waals surface area contributed by atoms with Crippen LogP contribution in [0.25, 0.3) is 11.0 Å². The van der Waals surface area contributed by atoms with Crippen molar-refractivity contribution in [2.75, 3.05) is 6.54 Å². The Morgan fingerprint density at radius 1 is 1.25 bits per heavy atom. The van der Waals surface area contributed by atoms with Crippen molar-refractivity contribution in [1.82, 2.24) is 10.2 Å². The van der Waals surface area contributed by atoms with Crippen LogP contribution in [0.3, 0.4) is 0 Å². The molecule has 0 unspecified atom stereocenters. The van der Waals surface area contributed by atoms with E-state index in [1.165, 1.54) is 37.8 Å². The summed E-state index contributed by atoms with van der Waals surface area (Å²) in [4.78, 5) is 24.7. The third-order valence-corrected chi connectivity index (χ3v) is 3.78. The summed E-state index contributed by atoms with van der Waals surface area (Å²) in [6.45, 7) is 2.82. The number of fused-ring (bicyclic) bond motifs is 1. The van der Waals surface area contributed by atoms with E-state index in [1.54, 1.807) is 6.07 Å². The number of rotatable bonds is 9. The van der Waals surface area contributed by atoms with Crippen molar-refractivity contribution >= 4 is 16.9 Å². The fourth-order valence-corrected chi connectivity index (χ4v) is 2.47. The molecule has 0 radical (unpaired) electrons. The van der Waals surface area contributed by atoms with Crippen LogP contribution in [0.4, 0.5) is 0 Å². The summed E-state index contributed by atoms with van der Waals surface area (Å²) >= 11 is 0. The third-order valence-electron chi connectivity index (χ3n) is 3.78. The molecule has 1 amide bonds. The zero-order chi connectivity index (χ0) is 17.4. The summed E-state index contributed by atoms with van der Waals surface area (Å²) in [5.41, 5.74) is 0.219. The van der Waals surface area contributed by atoms with Gasteiger partial charge in [0, 0.05) is 12.1 Å². The number of hydrogen-bond acceptors (Lipinski definition) is 5. The van der Waals surface area contributed by atoms with Crippen LogP contribution in [-0.4, -0.2) is 17.3 Å². The van der Waals surface area contributed by atoms with E-state index in [2.05, 4.69) is 22.7 Å². The van der Waals surface area contributed by atoms with E-state index in [0.29, 0.717) is 22.3 Å². The summed E-state index contributed by atoms with van der Waals surface area (Å²) < 4.78 is 5.19. The second-order valence-corrected chi connectivity index (χ2v) is 5.61. The lowest BCUT2D eigenvalue weighted by Gasteiger charge is -2.05. The lowest BCUT2D eigenvalue weighted by Crippen LogP contribution is -2.24. The van der Waals surface area contributed by atoms with Crippen molar-refractivity contribution in [3.8, 4) is 0 Å². The van der Waals surface area contributed by atoms with E-state index in [-0.39, 0.29) is 11.5 Å². The van der Waals surface area contributed by atoms with Gasteiger partial charge in [-0.05, 0) is 34.7 Å². The predicted octanol–water partition coefficient (Wildman–Crippen LogP) is 2.77. The first-order chi connectivity index (χ1) is 11.7. The van der Waals surface area contributed by atoms with Crippen molar-refractivity contribution in [1.29, 1.82) is 0 Å². The summed E-state index contributed by atoms with van der Waals surface area (Å²) in [6, 6.07) is 4.62. The lowest BCUT2D eigenvalue weighted by atomic mass is 10.1. The molecular formula is C16H23N5O3. The second-order valence-electron chi connectivity index (χ2n) is 5.61. The number of carbonyl (C=O) groups is 1. The van der Waals surface area contributed by atoms with E-state index >= 15 is 0 Å². The molecule has 1 heterocycles. The van der Waals surface area contributed by atoms with Gasteiger partial charge in [0.25, 0.3) is 5.91 Å². The largest absolute Gasteiger partial charge is 0.352 e. The maximum Gasteiger partial charge on any atom is 0.316 e. The molecule has 1 aromatic carbocycles. The molecule has 0 aliphatic carbocycles. The molecule has 24 heavy (non-hydrogen) atoms. The molecule has 0 saturated carbocycles. The zero-order valence-corrected chi connectivity index (χ0v) is 13.8. The average Bonchev–Trinajstić information content (AvgIpc) is 2.89. The molecule has 3 N–H and O–H groups in total. The smallest absolute Gasteiger partial charge is 0.316 e. The fraction of sp³-hybridized carbons (Fsp3) is 0.500. The molecule has 0 saturated heterocycles. The molecule has 130 valence electrons. The van der Waals surface area contributed by atoms with E-state index in [0.717, 1.165) is 12.8 Å². The molecule has 8 heteroatoms. The number of unbranched alkanes of at least 4 members (excludes halogenated alkanes) is 5. The van der Waals surface area contributed by atoms with Crippen molar-refractivity contribution in [2.24, 2.45) is 16.3 Å². The Labute approximate surface area is 139 Å². The summed E-state index contributed by atoms with van der Waals surface area (Å²) in [7, 11) is 0. The quantitative estimate of drug-likeness (QED) is 0.318. The van der Waals surface area contributed by atoms with Gasteiger partial charge in [0.15, 0.2) is 5.58 Å². The van der Waals surface area contributed by atoms with Crippen LogP contribution in [0.5, 0.6) is 0 Å². The Morgan fingerprint density at radius 2 is 2.00 bits per heavy atom. The minimum Gasteiger partial charge on any atom is -0.352 e. The van der Waals surface area contributed by atoms with Crippen LogP contribution < -0.4 is 16.7 Å². The van der Waals surface area contributed by atoms with Crippen molar-refractivity contribution in [3.63, 3.8) is 0 Å². The molecule has 1 aromatic heterocycles. The summed E-state index contributed by atoms with van der Waals surface area (Å²) in [5, 5.41) is 9.55. The van der Waals surface area contributed by atoms with Gasteiger partial charge in [-0.15, -0.1) is 0 Å². The highest BCUT2D eigenvalue weighted by Crippen LogP contribution is 2.14. The first kappa shape index (κ1) is 17.7. The summed E-state index contributed by atoms with van der Waals surface area (Å²) in [6.07, 6.45) is 7.01. The van der Waals surface area contributed by atoms with E-state index in [4.69, 9.17) is 10.4 Å². The first-order valence-corrected chi connectivity index (χ1v) is 8.23. The fourth-order valence-electron chi connectivity index (χ4n) is 2.47. The van der Waals surface area contributed by atoms with Crippen LogP contribution in [0.2, 0.25) is 0 Å². The number of aromatic nitrogens is 1. The SMILES string of the molecule is CCCCCCCCNC(=O)c1ccc2c(=O)n(N=NN)oc2c1. The molecule has 0 bridgehead atoms. The number of nitrogens with two attached hydrogens (primary N) is 1. The van der Waals surface area contributed by atoms with Gasteiger partial charge in [0.1, 0.15) is 0 Å². The van der Waals surface area contributed by atoms with Crippen LogP contribution in [0.1, 0.15) is 55.8 Å². The van der Waals surface area contributed by atoms with Gasteiger partial charge in [-0.3, -0.25) is 9.59 Å². The molecular weight excluding hydrogens is 310 g/mol. The van der Waals surface area contributed by atoms with Crippen LogP contribution in [0, 0.1) is 0 Å². The van der Waals surface area contributed by atoms with Gasteiger partial charge in [-0.25, -0.2) is 0 Å². The molecule has 0 fully saturated rings. The Kier molecular flexibility index (Phi) is 6.53. The third kappa shape index (κ3) is 4.43. The number of amides is 1. The maximum atomic E-state index is 12.1. The van der Waals surface area contributed by atoms with Crippen molar-refractivity contribution < 1.29 is 9.32 Å². The average molecular weight is 333 g/mol. The minimum absolute atomic E-state index is 0.193. The molecule has 8 nitrogen and oxygen atoms in total. The van der Waals surface area contributed by atoms with E-state index in [9.17, 15) is 9.59 Å². The van der Waals surface area contributed by atoms with Crippen LogP contribution >= 0.6 is 0 Å². The molecule has 0 aliphatic rings. The van der Waals surface area contributed by atoms with Gasteiger partial charge >= 0.3 is 5.56 Å².